The topological polar surface area (TPSA) is 101 Å². The van der Waals surface area contributed by atoms with Crippen molar-refractivity contribution in [3.8, 4) is 11.4 Å². The van der Waals surface area contributed by atoms with Crippen LogP contribution in [0.2, 0.25) is 5.02 Å². The summed E-state index contributed by atoms with van der Waals surface area (Å²) in [4.78, 5) is 16.0. The number of nitrogens with one attached hydrogen (secondary N) is 3. The van der Waals surface area contributed by atoms with Gasteiger partial charge >= 0.3 is 6.03 Å². The summed E-state index contributed by atoms with van der Waals surface area (Å²) in [6.07, 6.45) is 0. The van der Waals surface area contributed by atoms with E-state index in [0.29, 0.717) is 36.5 Å². The zero-order chi connectivity index (χ0) is 16.8. The van der Waals surface area contributed by atoms with E-state index >= 15 is 0 Å². The molecule has 0 radical (unpaired) electrons. The van der Waals surface area contributed by atoms with Crippen molar-refractivity contribution in [3.05, 3.63) is 35.2 Å². The number of carbonyl (C=O) groups is 1. The number of amides is 2. The average molecular weight is 352 g/mol. The van der Waals surface area contributed by atoms with Gasteiger partial charge in [-0.3, -0.25) is 0 Å². The maximum absolute atomic E-state index is 11.8. The molecule has 8 nitrogen and oxygen atoms in total. The van der Waals surface area contributed by atoms with Crippen LogP contribution in [0.1, 0.15) is 5.89 Å². The van der Waals surface area contributed by atoms with Gasteiger partial charge in [-0.15, -0.1) is 0 Å². The van der Waals surface area contributed by atoms with Gasteiger partial charge in [0.1, 0.15) is 0 Å². The van der Waals surface area contributed by atoms with Crippen LogP contribution in [-0.2, 0) is 11.3 Å². The number of ether oxygens (including phenoxy) is 1. The van der Waals surface area contributed by atoms with Crippen molar-refractivity contribution in [2.75, 3.05) is 26.3 Å². The van der Waals surface area contributed by atoms with Crippen LogP contribution in [0.25, 0.3) is 11.4 Å². The summed E-state index contributed by atoms with van der Waals surface area (Å²) in [6, 6.07) is 6.98. The van der Waals surface area contributed by atoms with Crippen LogP contribution < -0.4 is 16.0 Å². The van der Waals surface area contributed by atoms with E-state index in [1.807, 2.05) is 12.1 Å². The fourth-order valence-corrected chi connectivity index (χ4v) is 2.45. The van der Waals surface area contributed by atoms with Crippen molar-refractivity contribution in [1.82, 2.24) is 26.1 Å². The molecule has 128 valence electrons. The van der Waals surface area contributed by atoms with Crippen LogP contribution in [0, 0.1) is 0 Å². The molecule has 2 heterocycles. The summed E-state index contributed by atoms with van der Waals surface area (Å²) in [5.74, 6) is 0.748. The maximum atomic E-state index is 11.8. The standard InChI is InChI=1S/C15H18ClN5O3/c16-11-3-1-2-10(6-11)14-20-13(24-21-14)8-19-15(22)18-7-12-9-23-5-4-17-12/h1-3,6,12,17H,4-5,7-9H2,(H2,18,19,22). The van der Waals surface area contributed by atoms with Gasteiger partial charge in [0.25, 0.3) is 0 Å². The number of nitrogens with zero attached hydrogens (tertiary/aromatic N) is 2. The van der Waals surface area contributed by atoms with Crippen molar-refractivity contribution in [2.24, 2.45) is 0 Å². The second-order valence-corrected chi connectivity index (χ2v) is 5.75. The van der Waals surface area contributed by atoms with Gasteiger partial charge in [0, 0.05) is 29.7 Å². The molecule has 3 rings (SSSR count). The normalized spacial score (nSPS) is 17.5. The number of hydrogen-bond acceptors (Lipinski definition) is 6. The van der Waals surface area contributed by atoms with E-state index < -0.39 is 0 Å². The lowest BCUT2D eigenvalue weighted by molar-refractivity contribution is 0.0774. The number of halogens is 1. The molecular formula is C15H18ClN5O3. The zero-order valence-corrected chi connectivity index (χ0v) is 13.7. The molecule has 1 aromatic carbocycles. The molecule has 0 bridgehead atoms. The Labute approximate surface area is 143 Å². The smallest absolute Gasteiger partial charge is 0.315 e. The Morgan fingerprint density at radius 2 is 2.33 bits per heavy atom. The highest BCUT2D eigenvalue weighted by molar-refractivity contribution is 6.30. The van der Waals surface area contributed by atoms with Gasteiger partial charge in [-0.05, 0) is 12.1 Å². The van der Waals surface area contributed by atoms with Gasteiger partial charge in [0.05, 0.1) is 19.8 Å². The van der Waals surface area contributed by atoms with Crippen molar-refractivity contribution in [2.45, 2.75) is 12.6 Å². The lowest BCUT2D eigenvalue weighted by atomic mass is 10.2. The third-order valence-corrected chi connectivity index (χ3v) is 3.69. The Kier molecular flexibility index (Phi) is 5.63. The monoisotopic (exact) mass is 351 g/mol. The summed E-state index contributed by atoms with van der Waals surface area (Å²) < 4.78 is 10.4. The first-order valence-corrected chi connectivity index (χ1v) is 8.00. The highest BCUT2D eigenvalue weighted by Gasteiger charge is 2.14. The number of hydrogen-bond donors (Lipinski definition) is 3. The highest BCUT2D eigenvalue weighted by Crippen LogP contribution is 2.19. The van der Waals surface area contributed by atoms with Crippen molar-refractivity contribution in [3.63, 3.8) is 0 Å². The molecule has 2 aromatic rings. The van der Waals surface area contributed by atoms with Crippen LogP contribution in [0.5, 0.6) is 0 Å². The maximum Gasteiger partial charge on any atom is 0.315 e. The Bertz CT molecular complexity index is 687. The van der Waals surface area contributed by atoms with E-state index in [1.165, 1.54) is 0 Å². The third-order valence-electron chi connectivity index (χ3n) is 3.46. The van der Waals surface area contributed by atoms with Crippen molar-refractivity contribution >= 4 is 17.6 Å². The molecule has 1 aliphatic heterocycles. The molecule has 2 amide bonds. The molecule has 1 atom stereocenters. The van der Waals surface area contributed by atoms with E-state index in [-0.39, 0.29) is 18.6 Å². The van der Waals surface area contributed by atoms with Crippen molar-refractivity contribution in [1.29, 1.82) is 0 Å². The van der Waals surface area contributed by atoms with Gasteiger partial charge in [0.15, 0.2) is 0 Å². The van der Waals surface area contributed by atoms with Crippen LogP contribution >= 0.6 is 11.6 Å². The number of benzene rings is 1. The largest absolute Gasteiger partial charge is 0.378 e. The first kappa shape index (κ1) is 16.7. The Hall–Kier alpha value is -2.16. The molecule has 1 aromatic heterocycles. The fraction of sp³-hybridized carbons (Fsp3) is 0.400. The molecule has 3 N–H and O–H groups in total. The summed E-state index contributed by atoms with van der Waals surface area (Å²) in [7, 11) is 0. The minimum atomic E-state index is -0.301. The summed E-state index contributed by atoms with van der Waals surface area (Å²) in [5, 5.41) is 13.2. The Morgan fingerprint density at radius 3 is 3.12 bits per heavy atom. The van der Waals surface area contributed by atoms with Crippen LogP contribution in [0.4, 0.5) is 4.79 Å². The van der Waals surface area contributed by atoms with Gasteiger partial charge in [-0.2, -0.15) is 4.98 Å². The number of aromatic nitrogens is 2. The molecule has 9 heteroatoms. The third kappa shape index (κ3) is 4.67. The zero-order valence-electron chi connectivity index (χ0n) is 12.9. The highest BCUT2D eigenvalue weighted by atomic mass is 35.5. The van der Waals surface area contributed by atoms with E-state index in [2.05, 4.69) is 26.1 Å². The second-order valence-electron chi connectivity index (χ2n) is 5.31. The predicted octanol–water partition coefficient (Wildman–Crippen LogP) is 1.18. The molecule has 0 aliphatic carbocycles. The number of morpholine rings is 1. The molecular weight excluding hydrogens is 334 g/mol. The van der Waals surface area contributed by atoms with E-state index in [1.54, 1.807) is 12.1 Å². The van der Waals surface area contributed by atoms with Crippen LogP contribution in [0.3, 0.4) is 0 Å². The Balaban J connectivity index is 1.45. The summed E-state index contributed by atoms with van der Waals surface area (Å²) >= 11 is 5.94. The van der Waals surface area contributed by atoms with Gasteiger partial charge in [-0.1, -0.05) is 28.9 Å². The van der Waals surface area contributed by atoms with Gasteiger partial charge in [-0.25, -0.2) is 4.79 Å². The number of rotatable bonds is 5. The molecule has 0 saturated carbocycles. The lowest BCUT2D eigenvalue weighted by Crippen LogP contribution is -2.49. The lowest BCUT2D eigenvalue weighted by Gasteiger charge is -2.23. The quantitative estimate of drug-likeness (QED) is 0.747. The Morgan fingerprint density at radius 1 is 1.42 bits per heavy atom. The van der Waals surface area contributed by atoms with E-state index in [9.17, 15) is 4.79 Å². The van der Waals surface area contributed by atoms with Gasteiger partial charge in [0.2, 0.25) is 11.7 Å². The van der Waals surface area contributed by atoms with Crippen LogP contribution in [-0.4, -0.2) is 48.5 Å². The minimum absolute atomic E-state index is 0.127. The molecule has 24 heavy (non-hydrogen) atoms. The minimum Gasteiger partial charge on any atom is -0.378 e. The first-order chi connectivity index (χ1) is 11.7. The second kappa shape index (κ2) is 8.09. The number of carbonyl (C=O) groups excluding carboxylic acids is 1. The summed E-state index contributed by atoms with van der Waals surface area (Å²) in [5.41, 5.74) is 0.755. The van der Waals surface area contributed by atoms with Gasteiger partial charge < -0.3 is 25.2 Å². The fourth-order valence-electron chi connectivity index (χ4n) is 2.26. The first-order valence-electron chi connectivity index (χ1n) is 7.62. The van der Waals surface area contributed by atoms with Crippen LogP contribution in [0.15, 0.2) is 28.8 Å². The number of urea groups is 1. The molecule has 1 aliphatic rings. The molecule has 1 unspecified atom stereocenters. The predicted molar refractivity (Wildman–Crippen MR) is 87.6 cm³/mol. The molecule has 1 fully saturated rings. The molecule has 1 saturated heterocycles. The SMILES string of the molecule is O=C(NCc1nc(-c2cccc(Cl)c2)no1)NCC1COCCN1. The molecule has 0 spiro atoms. The average Bonchev–Trinajstić information content (AvgIpc) is 3.08. The van der Waals surface area contributed by atoms with Crippen molar-refractivity contribution < 1.29 is 14.1 Å². The van der Waals surface area contributed by atoms with E-state index in [0.717, 1.165) is 12.1 Å². The van der Waals surface area contributed by atoms with E-state index in [4.69, 9.17) is 20.9 Å². The summed E-state index contributed by atoms with van der Waals surface area (Å²) in [6.45, 7) is 2.72.